The van der Waals surface area contributed by atoms with Gasteiger partial charge in [-0.1, -0.05) is 54.6 Å². The third-order valence-corrected chi connectivity index (χ3v) is 3.26. The van der Waals surface area contributed by atoms with E-state index in [1.807, 2.05) is 42.5 Å². The van der Waals surface area contributed by atoms with Gasteiger partial charge in [-0.2, -0.15) is 11.1 Å². The summed E-state index contributed by atoms with van der Waals surface area (Å²) in [5, 5.41) is 0. The van der Waals surface area contributed by atoms with Crippen LogP contribution in [0.1, 0.15) is 16.8 Å². The van der Waals surface area contributed by atoms with Gasteiger partial charge in [0.2, 0.25) is 0 Å². The molecular formula is C15H16N4O. The molecule has 1 aliphatic heterocycles. The van der Waals surface area contributed by atoms with Gasteiger partial charge in [0.15, 0.2) is 5.78 Å². The van der Waals surface area contributed by atoms with E-state index >= 15 is 0 Å². The van der Waals surface area contributed by atoms with Crippen molar-refractivity contribution in [2.75, 3.05) is 0 Å². The zero-order valence-electron chi connectivity index (χ0n) is 10.9. The smallest absolute Gasteiger partial charge is 0.165 e. The van der Waals surface area contributed by atoms with Crippen molar-refractivity contribution in [3.05, 3.63) is 60.2 Å². The second kappa shape index (κ2) is 5.94. The van der Waals surface area contributed by atoms with E-state index in [2.05, 4.69) is 34.1 Å². The van der Waals surface area contributed by atoms with Crippen molar-refractivity contribution in [3.63, 3.8) is 0 Å². The van der Waals surface area contributed by atoms with Gasteiger partial charge in [0.25, 0.3) is 0 Å². The number of hydrogen-bond acceptors (Lipinski definition) is 5. The summed E-state index contributed by atoms with van der Waals surface area (Å²) in [5.74, 6) is 0.0973. The predicted octanol–water partition coefficient (Wildman–Crippen LogP) is 1.37. The SMILES string of the molecule is O=C(CC1NNNN1)c1ccc(-c2ccccc2)cc1. The largest absolute Gasteiger partial charge is 0.294 e. The minimum Gasteiger partial charge on any atom is -0.294 e. The third kappa shape index (κ3) is 2.92. The van der Waals surface area contributed by atoms with Crippen LogP contribution in [0.5, 0.6) is 0 Å². The number of carbonyl (C=O) groups is 1. The van der Waals surface area contributed by atoms with Crippen LogP contribution >= 0.6 is 0 Å². The van der Waals surface area contributed by atoms with E-state index in [1.165, 1.54) is 0 Å². The molecule has 0 amide bonds. The molecule has 5 nitrogen and oxygen atoms in total. The van der Waals surface area contributed by atoms with Crippen molar-refractivity contribution in [3.8, 4) is 11.1 Å². The maximum Gasteiger partial charge on any atom is 0.165 e. The van der Waals surface area contributed by atoms with Gasteiger partial charge in [-0.15, -0.1) is 0 Å². The van der Waals surface area contributed by atoms with Crippen LogP contribution in [0.3, 0.4) is 0 Å². The highest BCUT2D eigenvalue weighted by Gasteiger charge is 2.17. The first-order valence-electron chi connectivity index (χ1n) is 6.53. The first-order valence-corrected chi connectivity index (χ1v) is 6.53. The van der Waals surface area contributed by atoms with E-state index < -0.39 is 0 Å². The Balaban J connectivity index is 1.71. The number of nitrogens with one attached hydrogen (secondary N) is 4. The lowest BCUT2D eigenvalue weighted by Gasteiger charge is -2.08. The Morgan fingerprint density at radius 1 is 0.850 bits per heavy atom. The summed E-state index contributed by atoms with van der Waals surface area (Å²) in [7, 11) is 0. The lowest BCUT2D eigenvalue weighted by atomic mass is 10.0. The summed E-state index contributed by atoms with van der Waals surface area (Å²) in [6, 6.07) is 17.8. The number of benzene rings is 2. The fraction of sp³-hybridized carbons (Fsp3) is 0.133. The molecule has 0 aromatic heterocycles. The molecule has 1 saturated heterocycles. The van der Waals surface area contributed by atoms with Gasteiger partial charge in [-0.05, 0) is 11.1 Å². The van der Waals surface area contributed by atoms with Gasteiger partial charge in [0.05, 0.1) is 6.17 Å². The third-order valence-electron chi connectivity index (χ3n) is 3.26. The van der Waals surface area contributed by atoms with Gasteiger partial charge in [0.1, 0.15) is 0 Å². The van der Waals surface area contributed by atoms with Crippen LogP contribution in [0.2, 0.25) is 0 Å². The van der Waals surface area contributed by atoms with E-state index in [0.717, 1.165) is 16.7 Å². The lowest BCUT2D eigenvalue weighted by molar-refractivity contribution is 0.0967. The second-order valence-corrected chi connectivity index (χ2v) is 4.66. The quantitative estimate of drug-likeness (QED) is 0.631. The highest BCUT2D eigenvalue weighted by atomic mass is 16.1. The topological polar surface area (TPSA) is 65.2 Å². The first-order chi connectivity index (χ1) is 9.83. The maximum absolute atomic E-state index is 12.1. The Morgan fingerprint density at radius 2 is 1.45 bits per heavy atom. The van der Waals surface area contributed by atoms with Crippen LogP contribution in [-0.2, 0) is 0 Å². The number of ketones is 1. The molecule has 4 N–H and O–H groups in total. The Hall–Kier alpha value is -2.05. The second-order valence-electron chi connectivity index (χ2n) is 4.66. The Bertz CT molecular complexity index is 577. The Labute approximate surface area is 117 Å². The molecule has 3 rings (SSSR count). The number of hydrazine groups is 3. The van der Waals surface area contributed by atoms with Crippen molar-refractivity contribution in [1.82, 2.24) is 21.9 Å². The van der Waals surface area contributed by atoms with Crippen LogP contribution in [0, 0.1) is 0 Å². The van der Waals surface area contributed by atoms with E-state index in [4.69, 9.17) is 0 Å². The number of carbonyl (C=O) groups excluding carboxylic acids is 1. The summed E-state index contributed by atoms with van der Waals surface area (Å²) < 4.78 is 0. The molecule has 0 radical (unpaired) electrons. The molecule has 0 aliphatic carbocycles. The highest BCUT2D eigenvalue weighted by Crippen LogP contribution is 2.19. The van der Waals surface area contributed by atoms with E-state index in [-0.39, 0.29) is 11.9 Å². The summed E-state index contributed by atoms with van der Waals surface area (Å²) in [6.07, 6.45) is 0.279. The van der Waals surface area contributed by atoms with Crippen LogP contribution in [-0.4, -0.2) is 11.9 Å². The van der Waals surface area contributed by atoms with Gasteiger partial charge in [-0.3, -0.25) is 4.79 Å². The molecule has 0 saturated carbocycles. The van der Waals surface area contributed by atoms with Crippen LogP contribution in [0.15, 0.2) is 54.6 Å². The standard InChI is InChI=1S/C15H16N4O/c20-14(10-15-16-18-19-17-15)13-8-6-12(7-9-13)11-4-2-1-3-5-11/h1-9,15-19H,10H2. The van der Waals surface area contributed by atoms with Crippen molar-refractivity contribution in [2.24, 2.45) is 0 Å². The first kappa shape index (κ1) is 13.0. The molecular weight excluding hydrogens is 252 g/mol. The van der Waals surface area contributed by atoms with Gasteiger partial charge in [-0.25, -0.2) is 10.9 Å². The number of Topliss-reactive ketones (excluding diaryl/α,β-unsaturated/α-hetero) is 1. The summed E-state index contributed by atoms with van der Waals surface area (Å²) in [5.41, 5.74) is 14.2. The molecule has 1 heterocycles. The highest BCUT2D eigenvalue weighted by molar-refractivity contribution is 5.96. The lowest BCUT2D eigenvalue weighted by Crippen LogP contribution is -2.35. The molecule has 2 aromatic carbocycles. The summed E-state index contributed by atoms with van der Waals surface area (Å²) in [4.78, 5) is 12.1. The van der Waals surface area contributed by atoms with Crippen molar-refractivity contribution >= 4 is 5.78 Å². The average Bonchev–Trinajstić information content (AvgIpc) is 3.01. The maximum atomic E-state index is 12.1. The number of rotatable bonds is 4. The molecule has 1 aliphatic rings. The van der Waals surface area contributed by atoms with E-state index in [1.54, 1.807) is 0 Å². The van der Waals surface area contributed by atoms with Crippen LogP contribution in [0.25, 0.3) is 11.1 Å². The fourth-order valence-electron chi connectivity index (χ4n) is 2.17. The Kier molecular flexibility index (Phi) is 3.85. The van der Waals surface area contributed by atoms with E-state index in [0.29, 0.717) is 6.42 Å². The van der Waals surface area contributed by atoms with Crippen LogP contribution < -0.4 is 21.9 Å². The zero-order valence-corrected chi connectivity index (χ0v) is 10.9. The Morgan fingerprint density at radius 3 is 2.10 bits per heavy atom. The molecule has 1 fully saturated rings. The molecule has 102 valence electrons. The molecule has 0 spiro atoms. The zero-order chi connectivity index (χ0) is 13.8. The fourth-order valence-corrected chi connectivity index (χ4v) is 2.17. The normalized spacial score (nSPS) is 15.4. The molecule has 0 bridgehead atoms. The molecule has 0 unspecified atom stereocenters. The molecule has 5 heteroatoms. The predicted molar refractivity (Wildman–Crippen MR) is 77.2 cm³/mol. The molecule has 0 atom stereocenters. The minimum absolute atomic E-state index is 0.0973. The minimum atomic E-state index is -0.101. The molecule has 20 heavy (non-hydrogen) atoms. The van der Waals surface area contributed by atoms with Crippen molar-refractivity contribution in [1.29, 1.82) is 0 Å². The summed E-state index contributed by atoms with van der Waals surface area (Å²) >= 11 is 0. The van der Waals surface area contributed by atoms with Gasteiger partial charge in [0, 0.05) is 12.0 Å². The van der Waals surface area contributed by atoms with E-state index in [9.17, 15) is 4.79 Å². The van der Waals surface area contributed by atoms with Gasteiger partial charge < -0.3 is 0 Å². The monoisotopic (exact) mass is 268 g/mol. The van der Waals surface area contributed by atoms with Crippen molar-refractivity contribution in [2.45, 2.75) is 12.6 Å². The molecule has 2 aromatic rings. The summed E-state index contributed by atoms with van der Waals surface area (Å²) in [6.45, 7) is 0. The average molecular weight is 268 g/mol. The van der Waals surface area contributed by atoms with Gasteiger partial charge >= 0.3 is 0 Å². The van der Waals surface area contributed by atoms with Crippen LogP contribution in [0.4, 0.5) is 0 Å². The van der Waals surface area contributed by atoms with Crippen molar-refractivity contribution < 1.29 is 4.79 Å². The number of hydrogen-bond donors (Lipinski definition) is 4.